The van der Waals surface area contributed by atoms with E-state index in [9.17, 15) is 0 Å². The van der Waals surface area contributed by atoms with E-state index in [0.29, 0.717) is 0 Å². The maximum absolute atomic E-state index is 3.49. The minimum atomic E-state index is 0.978. The van der Waals surface area contributed by atoms with Gasteiger partial charge in [0.1, 0.15) is 0 Å². The zero-order chi connectivity index (χ0) is 15.7. The fourth-order valence-electron chi connectivity index (χ4n) is 2.68. The van der Waals surface area contributed by atoms with E-state index >= 15 is 0 Å². The third-order valence-electron chi connectivity index (χ3n) is 4.08. The van der Waals surface area contributed by atoms with Crippen molar-refractivity contribution in [3.05, 3.63) is 42.0 Å². The second-order valence-corrected chi connectivity index (χ2v) is 6.20. The smallest absolute Gasteiger partial charge is 0.0138 e. The Morgan fingerprint density at radius 1 is 0.773 bits per heavy atom. The van der Waals surface area contributed by atoms with E-state index < -0.39 is 0 Å². The van der Waals surface area contributed by atoms with Gasteiger partial charge in [-0.1, -0.05) is 107 Å². The highest BCUT2D eigenvalue weighted by molar-refractivity contribution is 5.48. The number of benzene rings is 1. The molecule has 0 amide bonds. The van der Waals surface area contributed by atoms with Gasteiger partial charge in [0.05, 0.1) is 0 Å². The highest BCUT2D eigenvalue weighted by atomic mass is 14.8. The molecule has 0 aliphatic carbocycles. The van der Waals surface area contributed by atoms with Crippen molar-refractivity contribution < 1.29 is 0 Å². The summed E-state index contributed by atoms with van der Waals surface area (Å²) in [6, 6.07) is 10.5. The first-order chi connectivity index (χ1) is 10.9. The van der Waals surface area contributed by atoms with Crippen LogP contribution in [0.1, 0.15) is 76.7 Å². The van der Waals surface area contributed by atoms with Crippen molar-refractivity contribution in [1.82, 2.24) is 5.32 Å². The zero-order valence-electron chi connectivity index (χ0n) is 14.5. The average molecular weight is 302 g/mol. The van der Waals surface area contributed by atoms with Crippen LogP contribution in [0.15, 0.2) is 36.4 Å². The fraction of sp³-hybridized carbons (Fsp3) is 0.619. The third-order valence-corrected chi connectivity index (χ3v) is 4.08. The predicted molar refractivity (Wildman–Crippen MR) is 100 cm³/mol. The Kier molecular flexibility index (Phi) is 12.8. The molecule has 0 fully saturated rings. The molecule has 124 valence electrons. The lowest BCUT2D eigenvalue weighted by atomic mass is 10.1. The van der Waals surface area contributed by atoms with Crippen LogP contribution < -0.4 is 5.32 Å². The summed E-state index contributed by atoms with van der Waals surface area (Å²) in [5.41, 5.74) is 1.28. The largest absolute Gasteiger partial charge is 0.313 e. The molecule has 0 aliphatic rings. The topological polar surface area (TPSA) is 12.0 Å². The molecule has 1 nitrogen and oxygen atoms in total. The van der Waals surface area contributed by atoms with Crippen molar-refractivity contribution in [2.24, 2.45) is 0 Å². The van der Waals surface area contributed by atoms with Gasteiger partial charge in [0.2, 0.25) is 0 Å². The zero-order valence-corrected chi connectivity index (χ0v) is 14.5. The molecule has 1 heteroatoms. The van der Waals surface area contributed by atoms with Gasteiger partial charge in [0.25, 0.3) is 0 Å². The van der Waals surface area contributed by atoms with E-state index in [4.69, 9.17) is 0 Å². The third kappa shape index (κ3) is 11.6. The van der Waals surface area contributed by atoms with Gasteiger partial charge in [-0.05, 0) is 18.5 Å². The van der Waals surface area contributed by atoms with Crippen molar-refractivity contribution in [2.45, 2.75) is 71.1 Å². The lowest BCUT2D eigenvalue weighted by Gasteiger charge is -2.03. The van der Waals surface area contributed by atoms with Crippen LogP contribution in [0, 0.1) is 0 Å². The first kappa shape index (κ1) is 19.0. The molecular weight excluding hydrogens is 266 g/mol. The highest BCUT2D eigenvalue weighted by Crippen LogP contribution is 2.10. The SMILES string of the molecule is CCCCCCCCCCCCNCC=Cc1ccccc1. The number of nitrogens with one attached hydrogen (secondary N) is 1. The summed E-state index contributed by atoms with van der Waals surface area (Å²) in [6.45, 7) is 4.41. The minimum absolute atomic E-state index is 0.978. The summed E-state index contributed by atoms with van der Waals surface area (Å²) in [5, 5.41) is 3.49. The fourth-order valence-corrected chi connectivity index (χ4v) is 2.68. The number of unbranched alkanes of at least 4 members (excludes halogenated alkanes) is 9. The summed E-state index contributed by atoms with van der Waals surface area (Å²) in [5.74, 6) is 0. The maximum atomic E-state index is 3.49. The molecule has 0 radical (unpaired) electrons. The van der Waals surface area contributed by atoms with Crippen LogP contribution in [0.25, 0.3) is 6.08 Å². The molecule has 0 unspecified atom stereocenters. The van der Waals surface area contributed by atoms with Gasteiger partial charge in [-0.2, -0.15) is 0 Å². The Morgan fingerprint density at radius 2 is 1.36 bits per heavy atom. The van der Waals surface area contributed by atoms with Gasteiger partial charge < -0.3 is 5.32 Å². The summed E-state index contributed by atoms with van der Waals surface area (Å²) in [6.07, 6.45) is 18.5. The quantitative estimate of drug-likeness (QED) is 0.403. The maximum Gasteiger partial charge on any atom is 0.0138 e. The number of hydrogen-bond acceptors (Lipinski definition) is 1. The molecule has 0 bridgehead atoms. The molecule has 0 saturated carbocycles. The standard InChI is InChI=1S/C21H35N/c1-2-3-4-5-6-7-8-9-10-14-19-22-20-15-18-21-16-12-11-13-17-21/h11-13,15-18,22H,2-10,14,19-20H2,1H3. The molecule has 0 heterocycles. The van der Waals surface area contributed by atoms with E-state index in [2.05, 4.69) is 54.7 Å². The lowest BCUT2D eigenvalue weighted by Crippen LogP contribution is -2.14. The van der Waals surface area contributed by atoms with Gasteiger partial charge in [-0.25, -0.2) is 0 Å². The van der Waals surface area contributed by atoms with Gasteiger partial charge in [0.15, 0.2) is 0 Å². The molecule has 0 atom stereocenters. The predicted octanol–water partition coefficient (Wildman–Crippen LogP) is 6.21. The van der Waals surface area contributed by atoms with Crippen LogP contribution in [-0.4, -0.2) is 13.1 Å². The van der Waals surface area contributed by atoms with Crippen molar-refractivity contribution in [1.29, 1.82) is 0 Å². The lowest BCUT2D eigenvalue weighted by molar-refractivity contribution is 0.549. The van der Waals surface area contributed by atoms with Crippen LogP contribution >= 0.6 is 0 Å². The van der Waals surface area contributed by atoms with E-state index in [1.54, 1.807) is 0 Å². The minimum Gasteiger partial charge on any atom is -0.313 e. The summed E-state index contributed by atoms with van der Waals surface area (Å²) in [7, 11) is 0. The van der Waals surface area contributed by atoms with Gasteiger partial charge >= 0.3 is 0 Å². The molecule has 0 spiro atoms. The van der Waals surface area contributed by atoms with E-state index in [1.165, 1.54) is 69.8 Å². The van der Waals surface area contributed by atoms with Crippen molar-refractivity contribution in [3.63, 3.8) is 0 Å². The normalized spacial score (nSPS) is 11.3. The van der Waals surface area contributed by atoms with Crippen LogP contribution in [0.5, 0.6) is 0 Å². The van der Waals surface area contributed by atoms with Crippen molar-refractivity contribution >= 4 is 6.08 Å². The van der Waals surface area contributed by atoms with E-state index in [-0.39, 0.29) is 0 Å². The molecule has 1 aromatic rings. The number of rotatable bonds is 14. The summed E-state index contributed by atoms with van der Waals surface area (Å²) in [4.78, 5) is 0. The van der Waals surface area contributed by atoms with E-state index in [0.717, 1.165) is 13.1 Å². The van der Waals surface area contributed by atoms with Crippen LogP contribution in [0.4, 0.5) is 0 Å². The van der Waals surface area contributed by atoms with Gasteiger partial charge in [0, 0.05) is 6.54 Å². The van der Waals surface area contributed by atoms with Crippen LogP contribution in [0.3, 0.4) is 0 Å². The molecule has 1 aromatic carbocycles. The molecule has 1 N–H and O–H groups in total. The molecule has 0 saturated heterocycles. The average Bonchev–Trinajstić information content (AvgIpc) is 2.56. The summed E-state index contributed by atoms with van der Waals surface area (Å²) < 4.78 is 0. The highest BCUT2D eigenvalue weighted by Gasteiger charge is 1.92. The van der Waals surface area contributed by atoms with Crippen molar-refractivity contribution in [3.8, 4) is 0 Å². The molecule has 0 aliphatic heterocycles. The Labute approximate surface area is 138 Å². The summed E-state index contributed by atoms with van der Waals surface area (Å²) >= 11 is 0. The van der Waals surface area contributed by atoms with E-state index in [1.807, 2.05) is 0 Å². The number of hydrogen-bond donors (Lipinski definition) is 1. The van der Waals surface area contributed by atoms with Gasteiger partial charge in [-0.3, -0.25) is 0 Å². The Hall–Kier alpha value is -1.08. The second kappa shape index (κ2) is 14.8. The molecule has 0 aromatic heterocycles. The molecule has 1 rings (SSSR count). The first-order valence-corrected chi connectivity index (χ1v) is 9.36. The Balaban J connectivity index is 1.79. The molecule has 22 heavy (non-hydrogen) atoms. The van der Waals surface area contributed by atoms with Gasteiger partial charge in [-0.15, -0.1) is 0 Å². The second-order valence-electron chi connectivity index (χ2n) is 6.20. The Bertz CT molecular complexity index is 355. The Morgan fingerprint density at radius 3 is 2.00 bits per heavy atom. The van der Waals surface area contributed by atoms with Crippen LogP contribution in [-0.2, 0) is 0 Å². The monoisotopic (exact) mass is 301 g/mol. The molecular formula is C21H35N. The first-order valence-electron chi connectivity index (χ1n) is 9.36. The van der Waals surface area contributed by atoms with Crippen LogP contribution in [0.2, 0.25) is 0 Å². The van der Waals surface area contributed by atoms with Crippen molar-refractivity contribution in [2.75, 3.05) is 13.1 Å².